The molecule has 1 aromatic carbocycles. The molecule has 2 atom stereocenters. The lowest BCUT2D eigenvalue weighted by atomic mass is 9.98. The molecule has 7 nitrogen and oxygen atoms in total. The van der Waals surface area contributed by atoms with E-state index < -0.39 is 0 Å². The number of carbonyl (C=O) groups is 2. The third kappa shape index (κ3) is 4.70. The number of benzene rings is 1. The van der Waals surface area contributed by atoms with Crippen LogP contribution in [0, 0.1) is 12.8 Å². The molecule has 1 aliphatic heterocycles. The summed E-state index contributed by atoms with van der Waals surface area (Å²) in [4.78, 5) is 23.4. The van der Waals surface area contributed by atoms with Gasteiger partial charge in [-0.3, -0.25) is 9.59 Å². The predicted octanol–water partition coefficient (Wildman–Crippen LogP) is 1.94. The first-order chi connectivity index (χ1) is 12.5. The minimum Gasteiger partial charge on any atom is -0.484 e. The first-order valence-electron chi connectivity index (χ1n) is 8.54. The number of hydrogen-bond donors (Lipinski definition) is 1. The molecule has 1 amide bonds. The Bertz CT molecular complexity index is 768. The van der Waals surface area contributed by atoms with Crippen LogP contribution in [0.2, 0.25) is 0 Å². The fraction of sp³-hybridized carbons (Fsp3) is 0.421. The number of rotatable bonds is 7. The van der Waals surface area contributed by atoms with Gasteiger partial charge in [0, 0.05) is 24.0 Å². The molecule has 2 heterocycles. The maximum Gasteiger partial charge on any atom is 0.258 e. The van der Waals surface area contributed by atoms with Gasteiger partial charge < -0.3 is 19.3 Å². The van der Waals surface area contributed by atoms with E-state index in [1.165, 1.54) is 6.92 Å². The molecular formula is C19H22N2O5. The molecule has 0 spiro atoms. The third-order valence-electron chi connectivity index (χ3n) is 4.32. The second-order valence-electron chi connectivity index (χ2n) is 6.48. The topological polar surface area (TPSA) is 90.7 Å². The van der Waals surface area contributed by atoms with Crippen molar-refractivity contribution in [2.24, 2.45) is 5.92 Å². The number of nitrogens with zero attached hydrogens (tertiary/aromatic N) is 1. The van der Waals surface area contributed by atoms with Crippen LogP contribution in [0.1, 0.15) is 28.7 Å². The van der Waals surface area contributed by atoms with E-state index >= 15 is 0 Å². The zero-order valence-electron chi connectivity index (χ0n) is 14.9. The molecule has 7 heteroatoms. The smallest absolute Gasteiger partial charge is 0.258 e. The van der Waals surface area contributed by atoms with E-state index in [4.69, 9.17) is 14.0 Å². The molecule has 1 saturated heterocycles. The van der Waals surface area contributed by atoms with Gasteiger partial charge in [0.15, 0.2) is 12.4 Å². The van der Waals surface area contributed by atoms with E-state index in [-0.39, 0.29) is 30.3 Å². The van der Waals surface area contributed by atoms with Crippen LogP contribution in [0.25, 0.3) is 0 Å². The summed E-state index contributed by atoms with van der Waals surface area (Å²) in [6.07, 6.45) is 0.666. The number of ketones is 1. The standard InChI is InChI=1S/C19H22N2O5/c1-12-7-17(26-21-12)8-15-9-24-10-18(15)20-19(23)11-25-16-5-3-14(4-6-16)13(2)22/h3-7,15,18H,8-11H2,1-2H3,(H,20,23)/t15-,18+/m0/s1. The number of aromatic nitrogens is 1. The molecule has 26 heavy (non-hydrogen) atoms. The van der Waals surface area contributed by atoms with E-state index in [9.17, 15) is 9.59 Å². The van der Waals surface area contributed by atoms with Crippen molar-refractivity contribution in [1.82, 2.24) is 10.5 Å². The van der Waals surface area contributed by atoms with Crippen LogP contribution < -0.4 is 10.1 Å². The van der Waals surface area contributed by atoms with Gasteiger partial charge in [0.2, 0.25) is 0 Å². The van der Waals surface area contributed by atoms with Crippen LogP contribution in [0.5, 0.6) is 5.75 Å². The maximum atomic E-state index is 12.2. The molecule has 2 aromatic rings. The number of carbonyl (C=O) groups excluding carboxylic acids is 2. The third-order valence-corrected chi connectivity index (χ3v) is 4.32. The summed E-state index contributed by atoms with van der Waals surface area (Å²) in [7, 11) is 0. The Morgan fingerprint density at radius 2 is 2.04 bits per heavy atom. The number of amides is 1. The van der Waals surface area contributed by atoms with Crippen LogP contribution >= 0.6 is 0 Å². The lowest BCUT2D eigenvalue weighted by Gasteiger charge is -2.18. The summed E-state index contributed by atoms with van der Waals surface area (Å²) >= 11 is 0. The molecule has 1 N–H and O–H groups in total. The molecule has 0 aliphatic carbocycles. The normalized spacial score (nSPS) is 19.3. The van der Waals surface area contributed by atoms with E-state index in [0.29, 0.717) is 30.9 Å². The Morgan fingerprint density at radius 3 is 2.69 bits per heavy atom. The van der Waals surface area contributed by atoms with E-state index in [0.717, 1.165) is 11.5 Å². The second-order valence-corrected chi connectivity index (χ2v) is 6.48. The summed E-state index contributed by atoms with van der Waals surface area (Å²) < 4.78 is 16.2. The first kappa shape index (κ1) is 18.1. The van der Waals surface area contributed by atoms with Crippen molar-refractivity contribution in [2.75, 3.05) is 19.8 Å². The van der Waals surface area contributed by atoms with Gasteiger partial charge in [0.25, 0.3) is 5.91 Å². The van der Waals surface area contributed by atoms with Gasteiger partial charge >= 0.3 is 0 Å². The van der Waals surface area contributed by atoms with Gasteiger partial charge in [-0.1, -0.05) is 5.16 Å². The van der Waals surface area contributed by atoms with Crippen molar-refractivity contribution in [3.05, 3.63) is 47.3 Å². The fourth-order valence-electron chi connectivity index (χ4n) is 2.91. The van der Waals surface area contributed by atoms with E-state index in [1.54, 1.807) is 24.3 Å². The summed E-state index contributed by atoms with van der Waals surface area (Å²) in [5.41, 5.74) is 1.44. The highest BCUT2D eigenvalue weighted by Gasteiger charge is 2.30. The quantitative estimate of drug-likeness (QED) is 0.761. The first-order valence-corrected chi connectivity index (χ1v) is 8.54. The summed E-state index contributed by atoms with van der Waals surface area (Å²) in [6.45, 7) is 4.32. The van der Waals surface area contributed by atoms with Crippen LogP contribution in [0.4, 0.5) is 0 Å². The predicted molar refractivity (Wildman–Crippen MR) is 93.1 cm³/mol. The van der Waals surface area contributed by atoms with Crippen molar-refractivity contribution >= 4 is 11.7 Å². The molecule has 0 unspecified atom stereocenters. The molecule has 138 valence electrons. The van der Waals surface area contributed by atoms with Crippen LogP contribution in [0.15, 0.2) is 34.9 Å². The largest absolute Gasteiger partial charge is 0.484 e. The highest BCUT2D eigenvalue weighted by molar-refractivity contribution is 5.94. The molecule has 0 bridgehead atoms. The Labute approximate surface area is 151 Å². The summed E-state index contributed by atoms with van der Waals surface area (Å²) in [5.74, 6) is 1.25. The highest BCUT2D eigenvalue weighted by Crippen LogP contribution is 2.20. The zero-order chi connectivity index (χ0) is 18.5. The number of nitrogens with one attached hydrogen (secondary N) is 1. The minimum atomic E-state index is -0.213. The number of hydrogen-bond acceptors (Lipinski definition) is 6. The van der Waals surface area contributed by atoms with E-state index in [1.807, 2.05) is 13.0 Å². The molecular weight excluding hydrogens is 336 g/mol. The lowest BCUT2D eigenvalue weighted by molar-refractivity contribution is -0.124. The monoisotopic (exact) mass is 358 g/mol. The average Bonchev–Trinajstić information content (AvgIpc) is 3.23. The van der Waals surface area contributed by atoms with Crippen molar-refractivity contribution in [3.63, 3.8) is 0 Å². The van der Waals surface area contributed by atoms with Gasteiger partial charge in [0.05, 0.1) is 24.9 Å². The highest BCUT2D eigenvalue weighted by atomic mass is 16.5. The van der Waals surface area contributed by atoms with Gasteiger partial charge in [-0.2, -0.15) is 0 Å². The van der Waals surface area contributed by atoms with Gasteiger partial charge in [-0.05, 0) is 38.1 Å². The lowest BCUT2D eigenvalue weighted by Crippen LogP contribution is -2.42. The number of Topliss-reactive ketones (excluding diaryl/α,β-unsaturated/α-hetero) is 1. The molecule has 3 rings (SSSR count). The minimum absolute atomic E-state index is 0.0106. The van der Waals surface area contributed by atoms with Gasteiger partial charge in [-0.15, -0.1) is 0 Å². The average molecular weight is 358 g/mol. The Morgan fingerprint density at radius 1 is 1.27 bits per heavy atom. The number of aryl methyl sites for hydroxylation is 1. The Kier molecular flexibility index (Phi) is 5.68. The number of ether oxygens (including phenoxy) is 2. The molecule has 1 aromatic heterocycles. The van der Waals surface area contributed by atoms with Crippen LogP contribution in [0.3, 0.4) is 0 Å². The van der Waals surface area contributed by atoms with Gasteiger partial charge in [0.1, 0.15) is 11.5 Å². The summed E-state index contributed by atoms with van der Waals surface area (Å²) in [5, 5.41) is 6.83. The van der Waals surface area contributed by atoms with Crippen LogP contribution in [-0.2, 0) is 16.0 Å². The zero-order valence-corrected chi connectivity index (χ0v) is 14.9. The Hall–Kier alpha value is -2.67. The Balaban J connectivity index is 1.48. The maximum absolute atomic E-state index is 12.2. The van der Waals surface area contributed by atoms with Crippen molar-refractivity contribution in [3.8, 4) is 5.75 Å². The summed E-state index contributed by atoms with van der Waals surface area (Å²) in [6, 6.07) is 8.52. The fourth-order valence-corrected chi connectivity index (χ4v) is 2.91. The SMILES string of the molecule is CC(=O)c1ccc(OCC(=O)N[C@@H]2COC[C@@H]2Cc2cc(C)no2)cc1. The molecule has 0 radical (unpaired) electrons. The molecule has 1 aliphatic rings. The van der Waals surface area contributed by atoms with E-state index in [2.05, 4.69) is 10.5 Å². The van der Waals surface area contributed by atoms with Crippen LogP contribution in [-0.4, -0.2) is 42.7 Å². The second kappa shape index (κ2) is 8.14. The van der Waals surface area contributed by atoms with Gasteiger partial charge in [-0.25, -0.2) is 0 Å². The van der Waals surface area contributed by atoms with Crippen molar-refractivity contribution < 1.29 is 23.6 Å². The molecule has 0 saturated carbocycles. The van der Waals surface area contributed by atoms with Crippen molar-refractivity contribution in [1.29, 1.82) is 0 Å². The van der Waals surface area contributed by atoms with Crippen molar-refractivity contribution in [2.45, 2.75) is 26.3 Å². The molecule has 1 fully saturated rings.